The van der Waals surface area contributed by atoms with E-state index in [1.807, 2.05) is 6.92 Å². The summed E-state index contributed by atoms with van der Waals surface area (Å²) in [5.41, 5.74) is 0. The van der Waals surface area contributed by atoms with Gasteiger partial charge in [0.15, 0.2) is 0 Å². The molecule has 0 fully saturated rings. The Morgan fingerprint density at radius 3 is 2.57 bits per heavy atom. The molecule has 0 saturated heterocycles. The molecule has 0 aliphatic rings. The molecule has 0 atom stereocenters. The maximum absolute atomic E-state index is 11.0. The summed E-state index contributed by atoms with van der Waals surface area (Å²) in [6, 6.07) is 0. The normalized spacial score (nSPS) is 10.1. The van der Waals surface area contributed by atoms with Gasteiger partial charge in [-0.25, -0.2) is 4.79 Å². The van der Waals surface area contributed by atoms with E-state index in [2.05, 4.69) is 4.74 Å². The number of ketones is 1. The Morgan fingerprint density at radius 2 is 2.00 bits per heavy atom. The van der Waals surface area contributed by atoms with Crippen molar-refractivity contribution in [1.82, 2.24) is 0 Å². The first-order chi connectivity index (χ1) is 6.72. The highest BCUT2D eigenvalue weighted by Crippen LogP contribution is 1.91. The van der Waals surface area contributed by atoms with E-state index in [1.165, 1.54) is 6.26 Å². The number of unbranched alkanes of at least 4 members (excludes halogenated alkanes) is 1. The Labute approximate surface area is 83.9 Å². The summed E-state index contributed by atoms with van der Waals surface area (Å²) in [6.07, 6.45) is 3.96. The first-order valence-electron chi connectivity index (χ1n) is 4.71. The van der Waals surface area contributed by atoms with Crippen LogP contribution in [0.5, 0.6) is 0 Å². The molecule has 0 rings (SSSR count). The highest BCUT2D eigenvalue weighted by Gasteiger charge is 2.10. The second kappa shape index (κ2) is 8.29. The van der Waals surface area contributed by atoms with Crippen LogP contribution in [0.3, 0.4) is 0 Å². The zero-order valence-electron chi connectivity index (χ0n) is 8.62. The fraction of sp³-hybridized carbons (Fsp3) is 0.600. The van der Waals surface area contributed by atoms with Gasteiger partial charge in [-0.3, -0.25) is 4.79 Å². The van der Waals surface area contributed by atoms with E-state index in [4.69, 9.17) is 4.74 Å². The molecule has 80 valence electrons. The number of rotatable bonds is 7. The number of carbonyl (C=O) groups excluding carboxylic acids is 2. The second-order valence-electron chi connectivity index (χ2n) is 2.61. The predicted octanol–water partition coefficient (Wildman–Crippen LogP) is 1.45. The smallest absolute Gasteiger partial charge is 0.379 e. The fourth-order valence-electron chi connectivity index (χ4n) is 0.655. The highest BCUT2D eigenvalue weighted by molar-refractivity contribution is 6.38. The van der Waals surface area contributed by atoms with Crippen LogP contribution in [0.2, 0.25) is 0 Å². The van der Waals surface area contributed by atoms with E-state index in [0.717, 1.165) is 18.9 Å². The first-order valence-corrected chi connectivity index (χ1v) is 4.71. The van der Waals surface area contributed by atoms with Gasteiger partial charge in [0, 0.05) is 6.08 Å². The molecule has 0 spiro atoms. The molecule has 0 radical (unpaired) electrons. The molecule has 0 N–H and O–H groups in total. The van der Waals surface area contributed by atoms with Gasteiger partial charge < -0.3 is 9.47 Å². The zero-order chi connectivity index (χ0) is 10.8. The lowest BCUT2D eigenvalue weighted by Gasteiger charge is -1.99. The summed E-state index contributed by atoms with van der Waals surface area (Å²) in [4.78, 5) is 21.9. The summed E-state index contributed by atoms with van der Waals surface area (Å²) >= 11 is 0. The quantitative estimate of drug-likeness (QED) is 0.205. The lowest BCUT2D eigenvalue weighted by atomic mass is 10.3. The van der Waals surface area contributed by atoms with Crippen molar-refractivity contribution in [3.05, 3.63) is 12.3 Å². The van der Waals surface area contributed by atoms with Crippen LogP contribution < -0.4 is 0 Å². The van der Waals surface area contributed by atoms with Gasteiger partial charge in [0.25, 0.3) is 5.78 Å². The molecule has 4 heteroatoms. The molecule has 0 aromatic heterocycles. The Kier molecular flexibility index (Phi) is 7.50. The van der Waals surface area contributed by atoms with Gasteiger partial charge in [0.05, 0.1) is 19.5 Å². The van der Waals surface area contributed by atoms with Crippen molar-refractivity contribution in [3.8, 4) is 0 Å². The summed E-state index contributed by atoms with van der Waals surface area (Å²) < 4.78 is 9.45. The summed E-state index contributed by atoms with van der Waals surface area (Å²) in [6.45, 7) is 4.53. The number of carbonyl (C=O) groups is 2. The topological polar surface area (TPSA) is 52.6 Å². The Bertz CT molecular complexity index is 208. The van der Waals surface area contributed by atoms with Gasteiger partial charge in [0.1, 0.15) is 0 Å². The first kappa shape index (κ1) is 12.7. The Hall–Kier alpha value is -1.32. The third kappa shape index (κ3) is 6.22. The van der Waals surface area contributed by atoms with Gasteiger partial charge in [-0.05, 0) is 13.3 Å². The van der Waals surface area contributed by atoms with E-state index < -0.39 is 11.8 Å². The molecule has 0 bridgehead atoms. The average molecular weight is 200 g/mol. The molecular weight excluding hydrogens is 184 g/mol. The Morgan fingerprint density at radius 1 is 1.29 bits per heavy atom. The molecule has 14 heavy (non-hydrogen) atoms. The van der Waals surface area contributed by atoms with E-state index in [-0.39, 0.29) is 0 Å². The van der Waals surface area contributed by atoms with Gasteiger partial charge in [0.2, 0.25) is 0 Å². The number of esters is 1. The highest BCUT2D eigenvalue weighted by atomic mass is 16.5. The second-order valence-corrected chi connectivity index (χ2v) is 2.61. The van der Waals surface area contributed by atoms with Crippen LogP contribution in [0.1, 0.15) is 26.7 Å². The lowest BCUT2D eigenvalue weighted by Crippen LogP contribution is -2.15. The van der Waals surface area contributed by atoms with Gasteiger partial charge in [-0.2, -0.15) is 0 Å². The van der Waals surface area contributed by atoms with Crippen molar-refractivity contribution in [1.29, 1.82) is 0 Å². The van der Waals surface area contributed by atoms with E-state index >= 15 is 0 Å². The van der Waals surface area contributed by atoms with Crippen LogP contribution in [0.15, 0.2) is 12.3 Å². The van der Waals surface area contributed by atoms with E-state index in [0.29, 0.717) is 13.2 Å². The fourth-order valence-corrected chi connectivity index (χ4v) is 0.655. The van der Waals surface area contributed by atoms with Crippen molar-refractivity contribution in [2.75, 3.05) is 13.2 Å². The molecule has 0 aliphatic carbocycles. The summed E-state index contributed by atoms with van der Waals surface area (Å²) in [7, 11) is 0. The minimum atomic E-state index is -0.825. The summed E-state index contributed by atoms with van der Waals surface area (Å²) in [5, 5.41) is 0. The standard InChI is InChI=1S/C10H16O4/c1-3-5-7-14-10(12)9(11)6-8-13-4-2/h6,8H,3-5,7H2,1-2H3/b8-6+. The van der Waals surface area contributed by atoms with E-state index in [9.17, 15) is 9.59 Å². The summed E-state index contributed by atoms with van der Waals surface area (Å²) in [5.74, 6) is -1.51. The molecule has 0 aliphatic heterocycles. The molecule has 0 amide bonds. The van der Waals surface area contributed by atoms with Crippen molar-refractivity contribution < 1.29 is 19.1 Å². The third-order valence-corrected chi connectivity index (χ3v) is 1.41. The van der Waals surface area contributed by atoms with Crippen molar-refractivity contribution in [2.45, 2.75) is 26.7 Å². The molecular formula is C10H16O4. The molecule has 4 nitrogen and oxygen atoms in total. The van der Waals surface area contributed by atoms with Crippen LogP contribution in [0, 0.1) is 0 Å². The maximum Gasteiger partial charge on any atom is 0.379 e. The average Bonchev–Trinajstić information content (AvgIpc) is 2.18. The van der Waals surface area contributed by atoms with Crippen LogP contribution in [0.25, 0.3) is 0 Å². The van der Waals surface area contributed by atoms with Gasteiger partial charge in [-0.15, -0.1) is 0 Å². The van der Waals surface area contributed by atoms with Crippen molar-refractivity contribution >= 4 is 11.8 Å². The molecule has 0 heterocycles. The van der Waals surface area contributed by atoms with Crippen LogP contribution in [-0.4, -0.2) is 25.0 Å². The largest absolute Gasteiger partial charge is 0.501 e. The van der Waals surface area contributed by atoms with Crippen molar-refractivity contribution in [2.24, 2.45) is 0 Å². The molecule has 0 unspecified atom stereocenters. The zero-order valence-corrected chi connectivity index (χ0v) is 8.62. The van der Waals surface area contributed by atoms with Crippen LogP contribution >= 0.6 is 0 Å². The Balaban J connectivity index is 3.71. The van der Waals surface area contributed by atoms with E-state index in [1.54, 1.807) is 6.92 Å². The van der Waals surface area contributed by atoms with Gasteiger partial charge in [-0.1, -0.05) is 13.3 Å². The number of hydrogen-bond acceptors (Lipinski definition) is 4. The molecule has 0 saturated carbocycles. The predicted molar refractivity (Wildman–Crippen MR) is 51.6 cm³/mol. The monoisotopic (exact) mass is 200 g/mol. The van der Waals surface area contributed by atoms with Crippen LogP contribution in [0.4, 0.5) is 0 Å². The minimum Gasteiger partial charge on any atom is -0.501 e. The van der Waals surface area contributed by atoms with Gasteiger partial charge >= 0.3 is 5.97 Å². The van der Waals surface area contributed by atoms with Crippen LogP contribution in [-0.2, 0) is 19.1 Å². The SMILES string of the molecule is CCCCOC(=O)C(=O)/C=C/OCC. The number of ether oxygens (including phenoxy) is 2. The molecule has 0 aromatic rings. The lowest BCUT2D eigenvalue weighted by molar-refractivity contribution is -0.151. The molecule has 0 aromatic carbocycles. The van der Waals surface area contributed by atoms with Crippen molar-refractivity contribution in [3.63, 3.8) is 0 Å². The minimum absolute atomic E-state index is 0.295. The number of hydrogen-bond donors (Lipinski definition) is 0. The third-order valence-electron chi connectivity index (χ3n) is 1.41. The maximum atomic E-state index is 11.0.